The van der Waals surface area contributed by atoms with Crippen LogP contribution in [0.1, 0.15) is 31.3 Å². The van der Waals surface area contributed by atoms with Crippen molar-refractivity contribution in [3.05, 3.63) is 35.4 Å². The molecular weight excluding hydrogens is 323 g/mol. The molecule has 2 aromatic rings. The van der Waals surface area contributed by atoms with Crippen molar-refractivity contribution in [1.29, 1.82) is 0 Å². The van der Waals surface area contributed by atoms with Crippen LogP contribution in [0.25, 0.3) is 0 Å². The minimum atomic E-state index is -3.88. The summed E-state index contributed by atoms with van der Waals surface area (Å²) in [6.07, 6.45) is 0. The van der Waals surface area contributed by atoms with E-state index in [9.17, 15) is 12.8 Å². The summed E-state index contributed by atoms with van der Waals surface area (Å²) in [5.74, 6) is -0.153. The molecule has 0 saturated carbocycles. The number of rotatable bonds is 6. The van der Waals surface area contributed by atoms with Gasteiger partial charge in [-0.25, -0.2) is 17.5 Å². The summed E-state index contributed by atoms with van der Waals surface area (Å²) < 4.78 is 47.6. The molecule has 0 unspecified atom stereocenters. The number of sulfonamides is 1. The molecule has 1 heterocycles. The fraction of sp³-hybridized carbons (Fsp3) is 0.429. The molecule has 126 valence electrons. The summed E-state index contributed by atoms with van der Waals surface area (Å²) in [5.41, 5.74) is 0.382. The SMILES string of the molecule is CCn1c(OC)nnc1[C@@H](C)NS(=O)(=O)c1ccc(C)c(F)c1. The number of nitrogens with zero attached hydrogens (tertiary/aromatic N) is 3. The second-order valence-corrected chi connectivity index (χ2v) is 6.76. The Bertz CT molecular complexity index is 804. The standard InChI is InChI=1S/C14H19FN4O3S/c1-5-19-13(16-17-14(19)22-4)10(3)18-23(20,21)11-7-6-9(2)12(15)8-11/h6-8,10,18H,5H2,1-4H3/t10-/m1/s1. The van der Waals surface area contributed by atoms with E-state index in [1.807, 2.05) is 6.92 Å². The van der Waals surface area contributed by atoms with E-state index in [0.29, 0.717) is 23.9 Å². The summed E-state index contributed by atoms with van der Waals surface area (Å²) in [5, 5.41) is 7.81. The molecule has 1 aromatic heterocycles. The Labute approximate surface area is 134 Å². The highest BCUT2D eigenvalue weighted by Crippen LogP contribution is 2.20. The molecule has 0 aliphatic carbocycles. The van der Waals surface area contributed by atoms with Crippen LogP contribution in [0.15, 0.2) is 23.1 Å². The molecule has 0 bridgehead atoms. The molecule has 0 saturated heterocycles. The molecule has 2 rings (SSSR count). The number of aromatic nitrogens is 3. The van der Waals surface area contributed by atoms with E-state index in [-0.39, 0.29) is 4.90 Å². The maximum Gasteiger partial charge on any atom is 0.316 e. The quantitative estimate of drug-likeness (QED) is 0.865. The van der Waals surface area contributed by atoms with Crippen LogP contribution in [0.3, 0.4) is 0 Å². The summed E-state index contributed by atoms with van der Waals surface area (Å²) in [6, 6.07) is 3.43. The first-order valence-corrected chi connectivity index (χ1v) is 8.54. The molecule has 1 N–H and O–H groups in total. The molecule has 0 radical (unpaired) electrons. The lowest BCUT2D eigenvalue weighted by Gasteiger charge is -2.15. The Morgan fingerprint density at radius 2 is 2.09 bits per heavy atom. The predicted molar refractivity (Wildman–Crippen MR) is 82.1 cm³/mol. The van der Waals surface area contributed by atoms with Crippen molar-refractivity contribution in [1.82, 2.24) is 19.5 Å². The van der Waals surface area contributed by atoms with Crippen LogP contribution in [0.5, 0.6) is 6.01 Å². The van der Waals surface area contributed by atoms with Gasteiger partial charge in [-0.3, -0.25) is 4.57 Å². The average molecular weight is 342 g/mol. The fourth-order valence-corrected chi connectivity index (χ4v) is 3.38. The Morgan fingerprint density at radius 3 is 2.65 bits per heavy atom. The molecule has 1 aromatic carbocycles. The molecule has 1 atom stereocenters. The minimum Gasteiger partial charge on any atom is -0.467 e. The molecule has 0 amide bonds. The van der Waals surface area contributed by atoms with Crippen molar-refractivity contribution in [3.8, 4) is 6.01 Å². The minimum absolute atomic E-state index is 0.137. The number of nitrogens with one attached hydrogen (secondary N) is 1. The third-order valence-electron chi connectivity index (χ3n) is 3.42. The number of hydrogen-bond acceptors (Lipinski definition) is 5. The van der Waals surface area contributed by atoms with Crippen molar-refractivity contribution >= 4 is 10.0 Å². The maximum absolute atomic E-state index is 13.6. The van der Waals surface area contributed by atoms with Gasteiger partial charge in [0, 0.05) is 6.54 Å². The van der Waals surface area contributed by atoms with Gasteiger partial charge in [-0.2, -0.15) is 0 Å². The van der Waals surface area contributed by atoms with Gasteiger partial charge in [0.15, 0.2) is 5.82 Å². The van der Waals surface area contributed by atoms with E-state index in [0.717, 1.165) is 6.07 Å². The largest absolute Gasteiger partial charge is 0.467 e. The van der Waals surface area contributed by atoms with Gasteiger partial charge in [0.25, 0.3) is 0 Å². The van der Waals surface area contributed by atoms with Crippen LogP contribution in [0, 0.1) is 12.7 Å². The Hall–Kier alpha value is -2.00. The van der Waals surface area contributed by atoms with Gasteiger partial charge in [0.05, 0.1) is 18.0 Å². The highest BCUT2D eigenvalue weighted by molar-refractivity contribution is 7.89. The van der Waals surface area contributed by atoms with Crippen LogP contribution in [0.4, 0.5) is 4.39 Å². The lowest BCUT2D eigenvalue weighted by atomic mass is 10.2. The molecule has 9 heteroatoms. The molecular formula is C14H19FN4O3S. The van der Waals surface area contributed by atoms with Gasteiger partial charge in [0.2, 0.25) is 10.0 Å². The molecule has 7 nitrogen and oxygen atoms in total. The van der Waals surface area contributed by atoms with Gasteiger partial charge in [-0.1, -0.05) is 11.2 Å². The number of halogens is 1. The first kappa shape index (κ1) is 17.4. The molecule has 0 aliphatic heterocycles. The van der Waals surface area contributed by atoms with Gasteiger partial charge in [0.1, 0.15) is 5.82 Å². The summed E-state index contributed by atoms with van der Waals surface area (Å²) >= 11 is 0. The predicted octanol–water partition coefficient (Wildman–Crippen LogP) is 1.79. The van der Waals surface area contributed by atoms with E-state index in [4.69, 9.17) is 4.74 Å². The molecule has 23 heavy (non-hydrogen) atoms. The first-order valence-electron chi connectivity index (χ1n) is 7.05. The number of methoxy groups -OCH3 is 1. The zero-order valence-corrected chi connectivity index (χ0v) is 14.2. The van der Waals surface area contributed by atoms with E-state index < -0.39 is 21.9 Å². The smallest absolute Gasteiger partial charge is 0.316 e. The van der Waals surface area contributed by atoms with Gasteiger partial charge in [-0.15, -0.1) is 5.10 Å². The molecule has 0 aliphatic rings. The summed E-state index contributed by atoms with van der Waals surface area (Å²) in [7, 11) is -2.42. The number of aryl methyl sites for hydroxylation is 1. The van der Waals surface area contributed by atoms with Crippen molar-refractivity contribution in [2.45, 2.75) is 38.3 Å². The lowest BCUT2D eigenvalue weighted by molar-refractivity contribution is 0.354. The van der Waals surface area contributed by atoms with Gasteiger partial charge in [-0.05, 0) is 38.5 Å². The number of hydrogen-bond donors (Lipinski definition) is 1. The fourth-order valence-electron chi connectivity index (χ4n) is 2.16. The maximum atomic E-state index is 13.6. The van der Waals surface area contributed by atoms with Crippen LogP contribution < -0.4 is 9.46 Å². The zero-order valence-electron chi connectivity index (χ0n) is 13.4. The van der Waals surface area contributed by atoms with E-state index in [1.54, 1.807) is 18.4 Å². The normalized spacial score (nSPS) is 13.1. The Balaban J connectivity index is 2.29. The van der Waals surface area contributed by atoms with Crippen molar-refractivity contribution < 1.29 is 17.5 Å². The monoisotopic (exact) mass is 342 g/mol. The highest BCUT2D eigenvalue weighted by Gasteiger charge is 2.24. The van der Waals surface area contributed by atoms with E-state index in [2.05, 4.69) is 14.9 Å². The van der Waals surface area contributed by atoms with Crippen LogP contribution >= 0.6 is 0 Å². The second kappa shape index (κ2) is 6.63. The Morgan fingerprint density at radius 1 is 1.39 bits per heavy atom. The summed E-state index contributed by atoms with van der Waals surface area (Å²) in [4.78, 5) is -0.137. The van der Waals surface area contributed by atoms with E-state index in [1.165, 1.54) is 19.2 Å². The lowest BCUT2D eigenvalue weighted by Crippen LogP contribution is -2.29. The number of benzene rings is 1. The average Bonchev–Trinajstić information content (AvgIpc) is 2.92. The second-order valence-electron chi connectivity index (χ2n) is 5.04. The zero-order chi connectivity index (χ0) is 17.2. The van der Waals surface area contributed by atoms with Crippen LogP contribution in [-0.2, 0) is 16.6 Å². The molecule has 0 spiro atoms. The van der Waals surface area contributed by atoms with Crippen LogP contribution in [-0.4, -0.2) is 30.3 Å². The van der Waals surface area contributed by atoms with E-state index >= 15 is 0 Å². The third kappa shape index (κ3) is 3.50. The van der Waals surface area contributed by atoms with Crippen LogP contribution in [0.2, 0.25) is 0 Å². The van der Waals surface area contributed by atoms with Crippen molar-refractivity contribution in [2.24, 2.45) is 0 Å². The van der Waals surface area contributed by atoms with Crippen molar-refractivity contribution in [3.63, 3.8) is 0 Å². The van der Waals surface area contributed by atoms with Gasteiger partial charge < -0.3 is 4.74 Å². The first-order chi connectivity index (χ1) is 10.8. The Kier molecular flexibility index (Phi) is 5.00. The highest BCUT2D eigenvalue weighted by atomic mass is 32.2. The summed E-state index contributed by atoms with van der Waals surface area (Å²) in [6.45, 7) is 5.60. The third-order valence-corrected chi connectivity index (χ3v) is 4.96. The molecule has 0 fully saturated rings. The van der Waals surface area contributed by atoms with Crippen molar-refractivity contribution in [2.75, 3.05) is 7.11 Å². The topological polar surface area (TPSA) is 86.1 Å². The number of ether oxygens (including phenoxy) is 1. The van der Waals surface area contributed by atoms with Gasteiger partial charge >= 0.3 is 6.01 Å².